The summed E-state index contributed by atoms with van der Waals surface area (Å²) in [5.41, 5.74) is 1.13. The Labute approximate surface area is 114 Å². The van der Waals surface area contributed by atoms with E-state index in [2.05, 4.69) is 46.8 Å². The Bertz CT molecular complexity index is 310. The molecule has 1 saturated heterocycles. The van der Waals surface area contributed by atoms with Gasteiger partial charge in [-0.05, 0) is 32.4 Å². The lowest BCUT2D eigenvalue weighted by Gasteiger charge is -2.54. The molecule has 0 aromatic carbocycles. The Balaban J connectivity index is 2.01. The maximum atomic E-state index is 2.55. The first kappa shape index (κ1) is 14.3. The minimum absolute atomic E-state index is 0.562. The third-order valence-corrected chi connectivity index (χ3v) is 6.32. The third kappa shape index (κ3) is 2.34. The Morgan fingerprint density at radius 3 is 2.44 bits per heavy atom. The van der Waals surface area contributed by atoms with Crippen molar-refractivity contribution < 1.29 is 4.48 Å². The fourth-order valence-electron chi connectivity index (χ4n) is 4.65. The number of rotatable bonds is 4. The SMILES string of the molecule is CN(C)CCC[N+]1(C)CC2CCC(C)(C1)C2(C)C. The molecule has 0 radical (unpaired) electrons. The molecule has 0 N–H and O–H groups in total. The van der Waals surface area contributed by atoms with Gasteiger partial charge in [0.15, 0.2) is 0 Å². The zero-order valence-electron chi connectivity index (χ0n) is 13.4. The van der Waals surface area contributed by atoms with E-state index in [1.165, 1.54) is 49.9 Å². The van der Waals surface area contributed by atoms with Gasteiger partial charge in [-0.15, -0.1) is 0 Å². The van der Waals surface area contributed by atoms with Crippen LogP contribution in [0.1, 0.15) is 40.0 Å². The summed E-state index contributed by atoms with van der Waals surface area (Å²) in [6.07, 6.45) is 4.25. The Kier molecular flexibility index (Phi) is 3.57. The van der Waals surface area contributed by atoms with Crippen molar-refractivity contribution in [1.82, 2.24) is 4.90 Å². The van der Waals surface area contributed by atoms with Gasteiger partial charge in [0.2, 0.25) is 0 Å². The summed E-state index contributed by atoms with van der Waals surface area (Å²) in [6.45, 7) is 13.0. The fraction of sp³-hybridized carbons (Fsp3) is 1.00. The van der Waals surface area contributed by atoms with Crippen molar-refractivity contribution in [2.45, 2.75) is 40.0 Å². The van der Waals surface area contributed by atoms with Gasteiger partial charge < -0.3 is 9.38 Å². The van der Waals surface area contributed by atoms with Gasteiger partial charge in [-0.1, -0.05) is 20.8 Å². The molecular formula is C16H33N2+. The summed E-state index contributed by atoms with van der Waals surface area (Å²) in [5, 5.41) is 0. The van der Waals surface area contributed by atoms with Gasteiger partial charge in [0.1, 0.15) is 0 Å². The standard InChI is InChI=1S/C16H33N2/c1-15(2)14-8-9-16(15,3)13-18(6,12-14)11-7-10-17(4)5/h14H,7-13H2,1-6H3/q+1. The lowest BCUT2D eigenvalue weighted by molar-refractivity contribution is -0.926. The van der Waals surface area contributed by atoms with Crippen LogP contribution in [0.4, 0.5) is 0 Å². The molecule has 0 amide bonds. The monoisotopic (exact) mass is 253 g/mol. The molecule has 1 heterocycles. The van der Waals surface area contributed by atoms with Crippen LogP contribution in [-0.2, 0) is 0 Å². The number of quaternary nitrogens is 1. The average Bonchev–Trinajstić information content (AvgIpc) is 2.36. The highest BCUT2D eigenvalue weighted by atomic mass is 15.4. The van der Waals surface area contributed by atoms with E-state index in [-0.39, 0.29) is 0 Å². The van der Waals surface area contributed by atoms with Crippen LogP contribution in [0.5, 0.6) is 0 Å². The highest BCUT2D eigenvalue weighted by molar-refractivity contribution is 5.02. The molecule has 2 nitrogen and oxygen atoms in total. The van der Waals surface area contributed by atoms with Gasteiger partial charge in [-0.2, -0.15) is 0 Å². The fourth-order valence-corrected chi connectivity index (χ4v) is 4.65. The molecule has 2 bridgehead atoms. The van der Waals surface area contributed by atoms with Crippen molar-refractivity contribution in [1.29, 1.82) is 0 Å². The number of hydrogen-bond acceptors (Lipinski definition) is 1. The highest BCUT2D eigenvalue weighted by Crippen LogP contribution is 2.60. The van der Waals surface area contributed by atoms with Gasteiger partial charge in [-0.3, -0.25) is 0 Å². The summed E-state index contributed by atoms with van der Waals surface area (Å²) in [4.78, 5) is 2.32. The van der Waals surface area contributed by atoms with Gasteiger partial charge in [-0.25, -0.2) is 0 Å². The maximum Gasteiger partial charge on any atom is 0.0844 e. The topological polar surface area (TPSA) is 3.24 Å². The highest BCUT2D eigenvalue weighted by Gasteiger charge is 2.59. The quantitative estimate of drug-likeness (QED) is 0.696. The molecule has 2 rings (SSSR count). The van der Waals surface area contributed by atoms with E-state index in [1.54, 1.807) is 0 Å². The molecule has 1 aliphatic carbocycles. The average molecular weight is 253 g/mol. The van der Waals surface area contributed by atoms with Crippen molar-refractivity contribution in [3.8, 4) is 0 Å². The van der Waals surface area contributed by atoms with Crippen LogP contribution >= 0.6 is 0 Å². The molecule has 3 unspecified atom stereocenters. The lowest BCUT2D eigenvalue weighted by Crippen LogP contribution is -2.61. The van der Waals surface area contributed by atoms with E-state index in [1.807, 2.05) is 0 Å². The van der Waals surface area contributed by atoms with E-state index in [0.717, 1.165) is 5.92 Å². The summed E-state index contributed by atoms with van der Waals surface area (Å²) in [5.74, 6) is 0.945. The molecule has 3 atom stereocenters. The first-order valence-electron chi connectivity index (χ1n) is 7.67. The van der Waals surface area contributed by atoms with Crippen LogP contribution in [0.25, 0.3) is 0 Å². The van der Waals surface area contributed by atoms with E-state index in [4.69, 9.17) is 0 Å². The van der Waals surface area contributed by atoms with Crippen molar-refractivity contribution >= 4 is 0 Å². The van der Waals surface area contributed by atoms with Gasteiger partial charge >= 0.3 is 0 Å². The molecule has 2 heteroatoms. The lowest BCUT2D eigenvalue weighted by atomic mass is 9.62. The van der Waals surface area contributed by atoms with Crippen LogP contribution in [0.15, 0.2) is 0 Å². The summed E-state index contributed by atoms with van der Waals surface area (Å²) < 4.78 is 1.32. The number of fused-ring (bicyclic) bond motifs is 2. The molecule has 18 heavy (non-hydrogen) atoms. The number of piperidine rings is 1. The van der Waals surface area contributed by atoms with E-state index in [9.17, 15) is 0 Å². The van der Waals surface area contributed by atoms with Crippen molar-refractivity contribution in [2.24, 2.45) is 16.7 Å². The summed E-state index contributed by atoms with van der Waals surface area (Å²) in [7, 11) is 6.87. The molecule has 0 aromatic rings. The van der Waals surface area contributed by atoms with Gasteiger partial charge in [0.25, 0.3) is 0 Å². The predicted molar refractivity (Wildman–Crippen MR) is 78.6 cm³/mol. The largest absolute Gasteiger partial charge is 0.325 e. The minimum atomic E-state index is 0.562. The molecule has 1 saturated carbocycles. The first-order chi connectivity index (χ1) is 8.19. The zero-order chi connectivity index (χ0) is 13.6. The third-order valence-electron chi connectivity index (χ3n) is 6.32. The zero-order valence-corrected chi connectivity index (χ0v) is 13.4. The van der Waals surface area contributed by atoms with Gasteiger partial charge in [0.05, 0.1) is 26.7 Å². The number of likely N-dealkylation sites (tertiary alicyclic amines) is 1. The second kappa shape index (κ2) is 4.49. The molecule has 1 aliphatic heterocycles. The van der Waals surface area contributed by atoms with Crippen molar-refractivity contribution in [2.75, 3.05) is 47.3 Å². The number of hydrogen-bond donors (Lipinski definition) is 0. The molecule has 106 valence electrons. The van der Waals surface area contributed by atoms with Crippen LogP contribution in [0.3, 0.4) is 0 Å². The summed E-state index contributed by atoms with van der Waals surface area (Å²) in [6, 6.07) is 0. The second-order valence-electron chi connectivity index (χ2n) is 8.36. The molecule has 2 fully saturated rings. The second-order valence-corrected chi connectivity index (χ2v) is 8.36. The molecule has 0 aromatic heterocycles. The first-order valence-corrected chi connectivity index (χ1v) is 7.67. The predicted octanol–water partition coefficient (Wildman–Crippen LogP) is 2.84. The number of nitrogens with zero attached hydrogens (tertiary/aromatic N) is 2. The van der Waals surface area contributed by atoms with E-state index < -0.39 is 0 Å². The molecule has 2 aliphatic rings. The molecule has 0 spiro atoms. The van der Waals surface area contributed by atoms with Crippen molar-refractivity contribution in [3.05, 3.63) is 0 Å². The van der Waals surface area contributed by atoms with Crippen LogP contribution in [-0.4, -0.2) is 56.7 Å². The molecular weight excluding hydrogens is 220 g/mol. The van der Waals surface area contributed by atoms with Crippen LogP contribution in [0, 0.1) is 16.7 Å². The van der Waals surface area contributed by atoms with E-state index >= 15 is 0 Å². The van der Waals surface area contributed by atoms with E-state index in [0.29, 0.717) is 10.8 Å². The van der Waals surface area contributed by atoms with Crippen LogP contribution < -0.4 is 0 Å². The Morgan fingerprint density at radius 2 is 1.89 bits per heavy atom. The normalized spacial score (nSPS) is 42.5. The van der Waals surface area contributed by atoms with Crippen LogP contribution in [0.2, 0.25) is 0 Å². The maximum absolute atomic E-state index is 2.55. The summed E-state index contributed by atoms with van der Waals surface area (Å²) >= 11 is 0. The van der Waals surface area contributed by atoms with Crippen molar-refractivity contribution in [3.63, 3.8) is 0 Å². The Hall–Kier alpha value is -0.0800. The van der Waals surface area contributed by atoms with Gasteiger partial charge in [0, 0.05) is 24.3 Å². The minimum Gasteiger partial charge on any atom is -0.325 e. The smallest absolute Gasteiger partial charge is 0.0844 e. The Morgan fingerprint density at radius 1 is 1.22 bits per heavy atom.